The van der Waals surface area contributed by atoms with Gasteiger partial charge in [-0.1, -0.05) is 6.07 Å². The van der Waals surface area contributed by atoms with Gasteiger partial charge in [-0.15, -0.1) is 0 Å². The molecule has 162 valence electrons. The molecule has 1 aromatic carbocycles. The Kier molecular flexibility index (Phi) is 4.33. The number of carbonyl (C=O) groups is 1. The Morgan fingerprint density at radius 3 is 2.81 bits per heavy atom. The number of hydrogen-bond donors (Lipinski definition) is 1. The molecule has 3 aromatic heterocycles. The second-order valence-corrected chi connectivity index (χ2v) is 8.78. The number of furan rings is 2. The molecule has 7 heteroatoms. The zero-order valence-corrected chi connectivity index (χ0v) is 17.4. The van der Waals surface area contributed by atoms with Crippen LogP contribution in [0.5, 0.6) is 5.75 Å². The lowest BCUT2D eigenvalue weighted by Gasteiger charge is -2.42. The standard InChI is InChI=1S/C25H22N2O5/c28-20-6-7-21-24(18(14-32-21)25(30)22-4-2-8-31-22)17(20)13-26-10-15-9-16(12-26)19-3-1-5-23(29)27(19)11-15/h1-8,14-16,28H,9-13H2. The number of hydrogen-bond acceptors (Lipinski definition) is 6. The molecule has 32 heavy (non-hydrogen) atoms. The smallest absolute Gasteiger partial charge is 0.250 e. The third-order valence-electron chi connectivity index (χ3n) is 6.75. The summed E-state index contributed by atoms with van der Waals surface area (Å²) in [7, 11) is 0. The largest absolute Gasteiger partial charge is 0.508 e. The van der Waals surface area contributed by atoms with Crippen molar-refractivity contribution >= 4 is 16.8 Å². The molecule has 1 fully saturated rings. The number of aromatic hydroxyl groups is 1. The van der Waals surface area contributed by atoms with E-state index in [9.17, 15) is 14.7 Å². The molecule has 2 aliphatic rings. The number of pyridine rings is 1. The van der Waals surface area contributed by atoms with Crippen LogP contribution in [-0.2, 0) is 13.1 Å². The van der Waals surface area contributed by atoms with Gasteiger partial charge in [-0.05, 0) is 42.7 Å². The first-order chi connectivity index (χ1) is 15.6. The van der Waals surface area contributed by atoms with E-state index in [4.69, 9.17) is 8.83 Å². The predicted octanol–water partition coefficient (Wildman–Crippen LogP) is 3.74. The van der Waals surface area contributed by atoms with Crippen molar-refractivity contribution in [2.24, 2.45) is 5.92 Å². The van der Waals surface area contributed by atoms with Gasteiger partial charge in [0.05, 0.1) is 11.8 Å². The molecule has 4 aromatic rings. The number of phenols is 1. The first kappa shape index (κ1) is 19.1. The number of likely N-dealkylation sites (tertiary alicyclic amines) is 1. The van der Waals surface area contributed by atoms with Gasteiger partial charge in [0.1, 0.15) is 17.6 Å². The summed E-state index contributed by atoms with van der Waals surface area (Å²) in [5, 5.41) is 11.4. The molecule has 2 bridgehead atoms. The van der Waals surface area contributed by atoms with E-state index in [-0.39, 0.29) is 28.8 Å². The van der Waals surface area contributed by atoms with E-state index in [1.807, 2.05) is 16.7 Å². The van der Waals surface area contributed by atoms with E-state index < -0.39 is 0 Å². The minimum atomic E-state index is -0.274. The molecule has 0 aliphatic carbocycles. The Labute approximate surface area is 183 Å². The molecule has 2 atom stereocenters. The van der Waals surface area contributed by atoms with Crippen molar-refractivity contribution in [2.75, 3.05) is 13.1 Å². The minimum absolute atomic E-state index is 0.0625. The van der Waals surface area contributed by atoms with Gasteiger partial charge in [0.2, 0.25) is 5.78 Å². The highest BCUT2D eigenvalue weighted by molar-refractivity contribution is 6.15. The zero-order valence-electron chi connectivity index (χ0n) is 17.4. The van der Waals surface area contributed by atoms with Crippen LogP contribution in [0.2, 0.25) is 0 Å². The number of aromatic nitrogens is 1. The summed E-state index contributed by atoms with van der Waals surface area (Å²) in [6, 6.07) is 12.1. The highest BCUT2D eigenvalue weighted by Gasteiger charge is 2.35. The Hall–Kier alpha value is -3.58. The van der Waals surface area contributed by atoms with E-state index in [0.29, 0.717) is 41.1 Å². The van der Waals surface area contributed by atoms with Crippen molar-refractivity contribution < 1.29 is 18.7 Å². The van der Waals surface area contributed by atoms with Crippen molar-refractivity contribution in [3.8, 4) is 5.75 Å². The lowest BCUT2D eigenvalue weighted by Crippen LogP contribution is -2.46. The van der Waals surface area contributed by atoms with Gasteiger partial charge < -0.3 is 18.5 Å². The second-order valence-electron chi connectivity index (χ2n) is 8.78. The van der Waals surface area contributed by atoms with E-state index in [1.54, 1.807) is 30.3 Å². The van der Waals surface area contributed by atoms with Gasteiger partial charge in [-0.25, -0.2) is 0 Å². The summed E-state index contributed by atoms with van der Waals surface area (Å²) in [5.74, 6) is 0.739. The van der Waals surface area contributed by atoms with Gasteiger partial charge in [-0.2, -0.15) is 0 Å². The number of benzene rings is 1. The lowest BCUT2D eigenvalue weighted by molar-refractivity contribution is 0.101. The van der Waals surface area contributed by atoms with Crippen molar-refractivity contribution in [3.63, 3.8) is 0 Å². The van der Waals surface area contributed by atoms with Crippen LogP contribution in [0, 0.1) is 5.92 Å². The number of fused-ring (bicyclic) bond motifs is 5. The molecular weight excluding hydrogens is 408 g/mol. The Morgan fingerprint density at radius 1 is 1.06 bits per heavy atom. The summed E-state index contributed by atoms with van der Waals surface area (Å²) in [4.78, 5) is 27.6. The van der Waals surface area contributed by atoms with E-state index in [2.05, 4.69) is 4.90 Å². The second kappa shape index (κ2) is 7.24. The SMILES string of the molecule is O=C(c1ccco1)c1coc2ccc(O)c(CN3CC4CC(C3)c3cccc(=O)n3C4)c12. The van der Waals surface area contributed by atoms with Crippen LogP contribution in [0.25, 0.3) is 11.0 Å². The molecule has 0 radical (unpaired) electrons. The molecule has 0 saturated carbocycles. The molecule has 2 aliphatic heterocycles. The van der Waals surface area contributed by atoms with Crippen LogP contribution < -0.4 is 5.56 Å². The quantitative estimate of drug-likeness (QED) is 0.496. The predicted molar refractivity (Wildman–Crippen MR) is 117 cm³/mol. The van der Waals surface area contributed by atoms with Gasteiger partial charge in [0.15, 0.2) is 5.76 Å². The van der Waals surface area contributed by atoms with Crippen LogP contribution in [0.4, 0.5) is 0 Å². The van der Waals surface area contributed by atoms with Crippen molar-refractivity contribution in [1.82, 2.24) is 9.47 Å². The highest BCUT2D eigenvalue weighted by atomic mass is 16.3. The highest BCUT2D eigenvalue weighted by Crippen LogP contribution is 2.38. The van der Waals surface area contributed by atoms with Crippen LogP contribution in [0.15, 0.2) is 68.6 Å². The number of ketones is 1. The van der Waals surface area contributed by atoms with Gasteiger partial charge in [0, 0.05) is 54.8 Å². The molecule has 6 rings (SSSR count). The topological polar surface area (TPSA) is 88.8 Å². The third-order valence-corrected chi connectivity index (χ3v) is 6.75. The number of carbonyl (C=O) groups excluding carboxylic acids is 1. The summed E-state index contributed by atoms with van der Waals surface area (Å²) >= 11 is 0. The van der Waals surface area contributed by atoms with Crippen LogP contribution in [0.1, 0.15) is 39.7 Å². The fourth-order valence-corrected chi connectivity index (χ4v) is 5.41. The Balaban J connectivity index is 1.36. The Bertz CT molecular complexity index is 1380. The van der Waals surface area contributed by atoms with E-state index in [1.165, 1.54) is 12.5 Å². The average Bonchev–Trinajstić information content (AvgIpc) is 3.46. The summed E-state index contributed by atoms with van der Waals surface area (Å²) in [6.07, 6.45) is 3.96. The van der Waals surface area contributed by atoms with Gasteiger partial charge in [-0.3, -0.25) is 14.5 Å². The molecule has 1 N–H and O–H groups in total. The first-order valence-corrected chi connectivity index (χ1v) is 10.8. The fraction of sp³-hybridized carbons (Fsp3) is 0.280. The minimum Gasteiger partial charge on any atom is -0.508 e. The van der Waals surface area contributed by atoms with Crippen molar-refractivity contribution in [1.29, 1.82) is 0 Å². The molecule has 1 saturated heterocycles. The lowest BCUT2D eigenvalue weighted by atomic mass is 9.83. The van der Waals surface area contributed by atoms with E-state index >= 15 is 0 Å². The zero-order chi connectivity index (χ0) is 21.8. The summed E-state index contributed by atoms with van der Waals surface area (Å²) < 4.78 is 12.9. The van der Waals surface area contributed by atoms with Crippen LogP contribution >= 0.6 is 0 Å². The normalized spacial score (nSPS) is 20.4. The first-order valence-electron chi connectivity index (χ1n) is 10.8. The molecule has 0 amide bonds. The fourth-order valence-electron chi connectivity index (χ4n) is 5.41. The van der Waals surface area contributed by atoms with Gasteiger partial charge in [0.25, 0.3) is 5.56 Å². The van der Waals surface area contributed by atoms with Crippen LogP contribution in [0.3, 0.4) is 0 Å². The maximum absolute atomic E-state index is 13.0. The monoisotopic (exact) mass is 430 g/mol. The van der Waals surface area contributed by atoms with E-state index in [0.717, 1.165) is 25.2 Å². The number of phenolic OH excluding ortho intramolecular Hbond substituents is 1. The van der Waals surface area contributed by atoms with Crippen LogP contribution in [-0.4, -0.2) is 33.4 Å². The van der Waals surface area contributed by atoms with Crippen molar-refractivity contribution in [2.45, 2.75) is 25.4 Å². The Morgan fingerprint density at radius 2 is 1.97 bits per heavy atom. The number of nitrogens with zero attached hydrogens (tertiary/aromatic N) is 2. The summed E-state index contributed by atoms with van der Waals surface area (Å²) in [6.45, 7) is 2.82. The number of piperidine rings is 1. The molecular formula is C25H22N2O5. The molecule has 5 heterocycles. The van der Waals surface area contributed by atoms with Crippen molar-refractivity contribution in [3.05, 3.63) is 87.9 Å². The third kappa shape index (κ3) is 3.00. The van der Waals surface area contributed by atoms with Gasteiger partial charge >= 0.3 is 0 Å². The molecule has 2 unspecified atom stereocenters. The average molecular weight is 430 g/mol. The summed E-state index contributed by atoms with van der Waals surface area (Å²) in [5.41, 5.74) is 2.76. The molecule has 0 spiro atoms. The number of rotatable bonds is 4. The maximum Gasteiger partial charge on any atom is 0.250 e. The maximum atomic E-state index is 13.0. The molecule has 7 nitrogen and oxygen atoms in total.